The summed E-state index contributed by atoms with van der Waals surface area (Å²) >= 11 is 0. The van der Waals surface area contributed by atoms with Gasteiger partial charge in [0.2, 0.25) is 5.91 Å². The number of benzene rings is 2. The van der Waals surface area contributed by atoms with Crippen molar-refractivity contribution in [2.24, 2.45) is 0 Å². The number of methoxy groups -OCH3 is 2. The first kappa shape index (κ1) is 20.4. The molecule has 146 valence electrons. The SMILES string of the molecule is CCOc1ccc(CCC(=O)Nc2ccc(OC)cc2OC)cc1OCC. The number of amides is 1. The van der Waals surface area contributed by atoms with Crippen LogP contribution in [0.2, 0.25) is 0 Å². The number of rotatable bonds is 10. The van der Waals surface area contributed by atoms with Crippen LogP contribution in [0.25, 0.3) is 0 Å². The molecule has 2 aromatic rings. The first-order chi connectivity index (χ1) is 13.1. The Morgan fingerprint density at radius 2 is 1.63 bits per heavy atom. The standard InChI is InChI=1S/C21H27NO5/c1-5-26-18-11-7-15(13-20(18)27-6-2)8-12-21(23)22-17-10-9-16(24-3)14-19(17)25-4/h7,9-11,13-14H,5-6,8,12H2,1-4H3,(H,22,23). The number of anilines is 1. The van der Waals surface area contributed by atoms with Crippen LogP contribution in [0, 0.1) is 0 Å². The fraction of sp³-hybridized carbons (Fsp3) is 0.381. The minimum absolute atomic E-state index is 0.0923. The zero-order chi connectivity index (χ0) is 19.6. The Morgan fingerprint density at radius 3 is 2.30 bits per heavy atom. The highest BCUT2D eigenvalue weighted by molar-refractivity contribution is 5.92. The summed E-state index contributed by atoms with van der Waals surface area (Å²) in [5.41, 5.74) is 1.63. The van der Waals surface area contributed by atoms with E-state index < -0.39 is 0 Å². The van der Waals surface area contributed by atoms with Crippen molar-refractivity contribution in [3.8, 4) is 23.0 Å². The quantitative estimate of drug-likeness (QED) is 0.680. The van der Waals surface area contributed by atoms with Gasteiger partial charge >= 0.3 is 0 Å². The van der Waals surface area contributed by atoms with Gasteiger partial charge in [0.25, 0.3) is 0 Å². The monoisotopic (exact) mass is 373 g/mol. The molecular weight excluding hydrogens is 346 g/mol. The molecule has 0 aliphatic heterocycles. The Labute approximate surface area is 160 Å². The molecule has 1 N–H and O–H groups in total. The van der Waals surface area contributed by atoms with E-state index in [-0.39, 0.29) is 5.91 Å². The lowest BCUT2D eigenvalue weighted by Crippen LogP contribution is -2.13. The van der Waals surface area contributed by atoms with E-state index in [0.29, 0.717) is 49.0 Å². The van der Waals surface area contributed by atoms with Crippen molar-refractivity contribution in [1.29, 1.82) is 0 Å². The first-order valence-electron chi connectivity index (χ1n) is 9.01. The smallest absolute Gasteiger partial charge is 0.224 e. The van der Waals surface area contributed by atoms with E-state index in [1.165, 1.54) is 0 Å². The largest absolute Gasteiger partial charge is 0.497 e. The van der Waals surface area contributed by atoms with Gasteiger partial charge in [-0.1, -0.05) is 6.07 Å². The van der Waals surface area contributed by atoms with Gasteiger partial charge in [0.1, 0.15) is 11.5 Å². The molecule has 0 fully saturated rings. The van der Waals surface area contributed by atoms with Crippen molar-refractivity contribution in [1.82, 2.24) is 0 Å². The van der Waals surface area contributed by atoms with Gasteiger partial charge < -0.3 is 24.3 Å². The number of hydrogen-bond donors (Lipinski definition) is 1. The number of aryl methyl sites for hydroxylation is 1. The molecule has 0 saturated heterocycles. The van der Waals surface area contributed by atoms with Crippen LogP contribution >= 0.6 is 0 Å². The average Bonchev–Trinajstić information content (AvgIpc) is 2.68. The van der Waals surface area contributed by atoms with E-state index in [1.54, 1.807) is 32.4 Å². The van der Waals surface area contributed by atoms with Crippen LogP contribution in [-0.2, 0) is 11.2 Å². The van der Waals surface area contributed by atoms with E-state index in [0.717, 1.165) is 11.3 Å². The molecule has 0 radical (unpaired) electrons. The molecule has 2 aromatic carbocycles. The predicted octanol–water partition coefficient (Wildman–Crippen LogP) is 4.07. The predicted molar refractivity (Wildman–Crippen MR) is 105 cm³/mol. The minimum atomic E-state index is -0.0923. The minimum Gasteiger partial charge on any atom is -0.497 e. The van der Waals surface area contributed by atoms with Crippen molar-refractivity contribution in [2.75, 3.05) is 32.8 Å². The first-order valence-corrected chi connectivity index (χ1v) is 9.01. The number of carbonyl (C=O) groups is 1. The molecule has 6 nitrogen and oxygen atoms in total. The molecule has 0 saturated carbocycles. The second-order valence-corrected chi connectivity index (χ2v) is 5.76. The number of nitrogens with one attached hydrogen (secondary N) is 1. The summed E-state index contributed by atoms with van der Waals surface area (Å²) in [4.78, 5) is 12.3. The van der Waals surface area contributed by atoms with E-state index in [1.807, 2.05) is 32.0 Å². The molecule has 0 aliphatic rings. The highest BCUT2D eigenvalue weighted by atomic mass is 16.5. The van der Waals surface area contributed by atoms with E-state index >= 15 is 0 Å². The highest BCUT2D eigenvalue weighted by Crippen LogP contribution is 2.30. The van der Waals surface area contributed by atoms with Gasteiger partial charge in [0, 0.05) is 12.5 Å². The average molecular weight is 373 g/mol. The van der Waals surface area contributed by atoms with E-state index in [9.17, 15) is 4.79 Å². The van der Waals surface area contributed by atoms with Crippen LogP contribution in [0.1, 0.15) is 25.8 Å². The lowest BCUT2D eigenvalue weighted by atomic mass is 10.1. The maximum Gasteiger partial charge on any atom is 0.224 e. The van der Waals surface area contributed by atoms with Gasteiger partial charge in [-0.05, 0) is 50.1 Å². The van der Waals surface area contributed by atoms with Crippen LogP contribution in [0.3, 0.4) is 0 Å². The fourth-order valence-electron chi connectivity index (χ4n) is 2.62. The summed E-state index contributed by atoms with van der Waals surface area (Å²) in [5, 5.41) is 2.88. The molecule has 0 heterocycles. The topological polar surface area (TPSA) is 66.0 Å². The Morgan fingerprint density at radius 1 is 0.889 bits per heavy atom. The summed E-state index contributed by atoms with van der Waals surface area (Å²) in [6.07, 6.45) is 0.936. The second kappa shape index (κ2) is 10.3. The highest BCUT2D eigenvalue weighted by Gasteiger charge is 2.11. The van der Waals surface area contributed by atoms with Crippen LogP contribution in [0.15, 0.2) is 36.4 Å². The van der Waals surface area contributed by atoms with Gasteiger partial charge in [-0.3, -0.25) is 4.79 Å². The zero-order valence-corrected chi connectivity index (χ0v) is 16.3. The van der Waals surface area contributed by atoms with Gasteiger partial charge in [0.05, 0.1) is 33.1 Å². The maximum absolute atomic E-state index is 12.3. The summed E-state index contributed by atoms with van der Waals surface area (Å²) < 4.78 is 21.7. The molecule has 0 aromatic heterocycles. The molecule has 27 heavy (non-hydrogen) atoms. The summed E-state index contributed by atoms with van der Waals surface area (Å²) in [6, 6.07) is 11.0. The molecule has 0 atom stereocenters. The third kappa shape index (κ3) is 5.81. The number of hydrogen-bond acceptors (Lipinski definition) is 5. The van der Waals surface area contributed by atoms with Gasteiger partial charge in [-0.2, -0.15) is 0 Å². The molecular formula is C21H27NO5. The van der Waals surface area contributed by atoms with Gasteiger partial charge in [0.15, 0.2) is 11.5 Å². The van der Waals surface area contributed by atoms with Crippen molar-refractivity contribution in [3.05, 3.63) is 42.0 Å². The molecule has 0 unspecified atom stereocenters. The van der Waals surface area contributed by atoms with Crippen LogP contribution in [-0.4, -0.2) is 33.3 Å². The third-order valence-corrected chi connectivity index (χ3v) is 3.93. The Balaban J connectivity index is 2.00. The molecule has 6 heteroatoms. The van der Waals surface area contributed by atoms with Crippen LogP contribution in [0.5, 0.6) is 23.0 Å². The lowest BCUT2D eigenvalue weighted by molar-refractivity contribution is -0.116. The third-order valence-electron chi connectivity index (χ3n) is 3.93. The summed E-state index contributed by atoms with van der Waals surface area (Å²) in [6.45, 7) is 4.99. The van der Waals surface area contributed by atoms with Crippen molar-refractivity contribution in [2.45, 2.75) is 26.7 Å². The lowest BCUT2D eigenvalue weighted by Gasteiger charge is -2.13. The normalized spacial score (nSPS) is 10.2. The molecule has 2 rings (SSSR count). The number of carbonyl (C=O) groups excluding carboxylic acids is 1. The van der Waals surface area contributed by atoms with Crippen molar-refractivity contribution in [3.63, 3.8) is 0 Å². The second-order valence-electron chi connectivity index (χ2n) is 5.76. The fourth-order valence-corrected chi connectivity index (χ4v) is 2.62. The Kier molecular flexibility index (Phi) is 7.79. The summed E-state index contributed by atoms with van der Waals surface area (Å²) in [7, 11) is 3.14. The molecule has 1 amide bonds. The number of ether oxygens (including phenoxy) is 4. The summed E-state index contributed by atoms with van der Waals surface area (Å²) in [5.74, 6) is 2.56. The molecule has 0 aliphatic carbocycles. The molecule has 0 bridgehead atoms. The van der Waals surface area contributed by atoms with E-state index in [2.05, 4.69) is 5.32 Å². The Hall–Kier alpha value is -2.89. The van der Waals surface area contributed by atoms with E-state index in [4.69, 9.17) is 18.9 Å². The maximum atomic E-state index is 12.3. The van der Waals surface area contributed by atoms with Gasteiger partial charge in [-0.15, -0.1) is 0 Å². The van der Waals surface area contributed by atoms with Crippen LogP contribution in [0.4, 0.5) is 5.69 Å². The van der Waals surface area contributed by atoms with Crippen molar-refractivity contribution < 1.29 is 23.7 Å². The molecule has 0 spiro atoms. The van der Waals surface area contributed by atoms with Gasteiger partial charge in [-0.25, -0.2) is 0 Å². The van der Waals surface area contributed by atoms with Crippen molar-refractivity contribution >= 4 is 11.6 Å². The van der Waals surface area contributed by atoms with Crippen LogP contribution < -0.4 is 24.3 Å². The zero-order valence-electron chi connectivity index (χ0n) is 16.3. The Bertz CT molecular complexity index is 760.